The molecule has 3 amide bonds. The number of amides is 3. The molecule has 3 aromatic rings. The van der Waals surface area contributed by atoms with E-state index in [1.807, 2.05) is 36.4 Å². The van der Waals surface area contributed by atoms with Crippen LogP contribution in [0.3, 0.4) is 0 Å². The molecule has 3 N–H and O–H groups in total. The summed E-state index contributed by atoms with van der Waals surface area (Å²) in [5.41, 5.74) is 1.32. The maximum absolute atomic E-state index is 16.5. The molecule has 53 heavy (non-hydrogen) atoms. The van der Waals surface area contributed by atoms with Gasteiger partial charge in [-0.3, -0.25) is 24.5 Å². The second kappa shape index (κ2) is 14.4. The van der Waals surface area contributed by atoms with E-state index in [0.717, 1.165) is 36.1 Å². The van der Waals surface area contributed by atoms with Gasteiger partial charge in [-0.15, -0.1) is 0 Å². The SMILES string of the molecule is C[C@@H]1[C@@H]([Si](C)(C)F)[C@H](CC(=O)N2Cc3ccccc3C[C@H]2CO)O[C@@]12C(=O)N(Cc1ccc(NC(=O)C3CCCNC3)cc1)c1ccc([N+](=O)[O-])cc12. The number of rotatable bonds is 9. The van der Waals surface area contributed by atoms with Crippen LogP contribution in [0.25, 0.3) is 0 Å². The molecule has 0 aromatic heterocycles. The summed E-state index contributed by atoms with van der Waals surface area (Å²) < 4.78 is 23.2. The number of hydrogen-bond donors (Lipinski definition) is 3. The molecule has 14 heteroatoms. The maximum atomic E-state index is 16.5. The van der Waals surface area contributed by atoms with Crippen LogP contribution in [-0.2, 0) is 44.2 Å². The van der Waals surface area contributed by atoms with Crippen molar-refractivity contribution < 1.29 is 33.3 Å². The molecule has 0 aliphatic carbocycles. The van der Waals surface area contributed by atoms with Gasteiger partial charge in [0.05, 0.1) is 48.2 Å². The third kappa shape index (κ3) is 6.77. The van der Waals surface area contributed by atoms with E-state index in [9.17, 15) is 29.6 Å². The van der Waals surface area contributed by atoms with Crippen LogP contribution >= 0.6 is 0 Å². The van der Waals surface area contributed by atoms with Crippen LogP contribution in [0.2, 0.25) is 18.6 Å². The Bertz CT molecular complexity index is 1920. The Balaban J connectivity index is 1.18. The lowest BCUT2D eigenvalue weighted by atomic mass is 9.82. The first kappa shape index (κ1) is 36.8. The summed E-state index contributed by atoms with van der Waals surface area (Å²) in [6.45, 7) is 6.51. The Hall–Kier alpha value is -4.50. The van der Waals surface area contributed by atoms with Crippen molar-refractivity contribution in [2.24, 2.45) is 11.8 Å². The number of ether oxygens (including phenoxy) is 1. The summed E-state index contributed by atoms with van der Waals surface area (Å²) in [4.78, 5) is 56.3. The number of piperidine rings is 1. The smallest absolute Gasteiger partial charge is 0.269 e. The number of carbonyl (C=O) groups is 3. The van der Waals surface area contributed by atoms with Crippen LogP contribution in [0.1, 0.15) is 48.4 Å². The van der Waals surface area contributed by atoms with Crippen LogP contribution < -0.4 is 15.5 Å². The van der Waals surface area contributed by atoms with Gasteiger partial charge in [0.25, 0.3) is 11.6 Å². The first-order chi connectivity index (χ1) is 25.3. The van der Waals surface area contributed by atoms with Crippen LogP contribution in [-0.4, -0.2) is 72.9 Å². The third-order valence-electron chi connectivity index (χ3n) is 11.6. The van der Waals surface area contributed by atoms with Gasteiger partial charge in [-0.25, -0.2) is 0 Å². The van der Waals surface area contributed by atoms with Crippen LogP contribution in [0.15, 0.2) is 66.7 Å². The zero-order valence-electron chi connectivity index (χ0n) is 30.2. The Morgan fingerprint density at radius 3 is 2.53 bits per heavy atom. The zero-order chi connectivity index (χ0) is 37.7. The highest BCUT2D eigenvalue weighted by molar-refractivity contribution is 6.72. The fraction of sp³-hybridized carbons (Fsp3) is 0.462. The van der Waals surface area contributed by atoms with E-state index in [4.69, 9.17) is 4.74 Å². The fourth-order valence-electron chi connectivity index (χ4n) is 9.03. The standard InChI is InChI=1S/C39H46FN5O7Si/c1-24-36(53(2,3)40)34(19-35(47)43-22-28-8-5-4-7-26(28)17-31(43)23-46)52-39(24)32-18-30(45(50)51)14-15-33(32)44(38(39)49)21-25-10-12-29(13-11-25)42-37(48)27-9-6-16-41-20-27/h4-5,7-8,10-15,18,24,27,31,34,36,41,46H,6,9,16-17,19-23H2,1-3H3,(H,42,48)/t24-,27?,31+,34+,36-,39+/m1/s1. The topological polar surface area (TPSA) is 154 Å². The van der Waals surface area contributed by atoms with Crippen LogP contribution in [0, 0.1) is 22.0 Å². The van der Waals surface area contributed by atoms with Gasteiger partial charge in [-0.1, -0.05) is 43.3 Å². The highest BCUT2D eigenvalue weighted by Crippen LogP contribution is 2.60. The quantitative estimate of drug-likeness (QED) is 0.117. The van der Waals surface area contributed by atoms with Crippen molar-refractivity contribution in [1.82, 2.24) is 10.2 Å². The van der Waals surface area contributed by atoms with Gasteiger partial charge in [0.1, 0.15) is 0 Å². The highest BCUT2D eigenvalue weighted by atomic mass is 28.4. The molecule has 3 aromatic carbocycles. The number of nitrogens with zero attached hydrogens (tertiary/aromatic N) is 3. The lowest BCUT2D eigenvalue weighted by Gasteiger charge is -2.37. The predicted octanol–water partition coefficient (Wildman–Crippen LogP) is 5.19. The summed E-state index contributed by atoms with van der Waals surface area (Å²) in [7, 11) is -3.65. The molecule has 2 fully saturated rings. The molecule has 0 saturated carbocycles. The molecule has 1 unspecified atom stereocenters. The molecule has 4 aliphatic heterocycles. The zero-order valence-corrected chi connectivity index (χ0v) is 31.2. The molecule has 7 rings (SSSR count). The number of aliphatic hydroxyl groups excluding tert-OH is 1. The monoisotopic (exact) mass is 743 g/mol. The Morgan fingerprint density at radius 1 is 1.13 bits per heavy atom. The van der Waals surface area contributed by atoms with Gasteiger partial charge in [-0.2, -0.15) is 0 Å². The Kier molecular flexibility index (Phi) is 10.00. The minimum Gasteiger partial charge on any atom is -0.394 e. The number of benzene rings is 3. The largest absolute Gasteiger partial charge is 0.394 e. The maximum Gasteiger partial charge on any atom is 0.269 e. The number of nitro benzene ring substituents is 1. The summed E-state index contributed by atoms with van der Waals surface area (Å²) in [6, 6.07) is 18.7. The molecule has 1 spiro atoms. The van der Waals surface area contributed by atoms with Crippen molar-refractivity contribution in [3.8, 4) is 0 Å². The van der Waals surface area contributed by atoms with Gasteiger partial charge in [-0.05, 0) is 73.8 Å². The summed E-state index contributed by atoms with van der Waals surface area (Å²) in [5.74, 6) is -1.70. The van der Waals surface area contributed by atoms with E-state index >= 15 is 4.11 Å². The second-order valence-electron chi connectivity index (χ2n) is 15.4. The third-order valence-corrected chi connectivity index (χ3v) is 14.1. The van der Waals surface area contributed by atoms with E-state index in [-0.39, 0.29) is 55.1 Å². The number of nitro groups is 1. The molecular weight excluding hydrogens is 698 g/mol. The molecular formula is C39H46FN5O7Si. The van der Waals surface area contributed by atoms with E-state index in [2.05, 4.69) is 10.6 Å². The summed E-state index contributed by atoms with van der Waals surface area (Å²) in [6.07, 6.45) is 1.04. The fourth-order valence-corrected chi connectivity index (χ4v) is 11.5. The number of hydrogen-bond acceptors (Lipinski definition) is 8. The number of aliphatic hydroxyl groups is 1. The second-order valence-corrected chi connectivity index (χ2v) is 19.2. The van der Waals surface area contributed by atoms with Crippen molar-refractivity contribution in [1.29, 1.82) is 0 Å². The van der Waals surface area contributed by atoms with E-state index in [1.165, 1.54) is 23.1 Å². The molecule has 12 nitrogen and oxygen atoms in total. The average molecular weight is 744 g/mol. The minimum atomic E-state index is -3.65. The van der Waals surface area contributed by atoms with Gasteiger partial charge in [0.2, 0.25) is 20.2 Å². The number of halogens is 1. The lowest BCUT2D eigenvalue weighted by Crippen LogP contribution is -2.48. The summed E-state index contributed by atoms with van der Waals surface area (Å²) >= 11 is 0. The van der Waals surface area contributed by atoms with Crippen LogP contribution in [0.4, 0.5) is 21.2 Å². The number of anilines is 2. The minimum absolute atomic E-state index is 0.0524. The number of nitrogens with one attached hydrogen (secondary N) is 2. The molecule has 2 saturated heterocycles. The average Bonchev–Trinajstić information content (AvgIpc) is 3.57. The number of carbonyl (C=O) groups excluding carboxylic acids is 3. The van der Waals surface area contributed by atoms with E-state index in [0.29, 0.717) is 24.3 Å². The van der Waals surface area contributed by atoms with E-state index in [1.54, 1.807) is 37.1 Å². The summed E-state index contributed by atoms with van der Waals surface area (Å²) in [5, 5.41) is 28.5. The van der Waals surface area contributed by atoms with Gasteiger partial charge < -0.3 is 34.4 Å². The van der Waals surface area contributed by atoms with Crippen molar-refractivity contribution >= 4 is 43.2 Å². The van der Waals surface area contributed by atoms with Gasteiger partial charge >= 0.3 is 0 Å². The first-order valence-electron chi connectivity index (χ1n) is 18.4. The Morgan fingerprint density at radius 2 is 1.87 bits per heavy atom. The molecule has 4 heterocycles. The van der Waals surface area contributed by atoms with Crippen molar-refractivity contribution in [2.45, 2.75) is 82.1 Å². The first-order valence-corrected chi connectivity index (χ1v) is 21.3. The van der Waals surface area contributed by atoms with E-state index < -0.39 is 48.4 Å². The highest BCUT2D eigenvalue weighted by Gasteiger charge is 2.67. The van der Waals surface area contributed by atoms with Crippen LogP contribution in [0.5, 0.6) is 0 Å². The number of fused-ring (bicyclic) bond motifs is 3. The molecule has 0 bridgehead atoms. The van der Waals surface area contributed by atoms with Crippen molar-refractivity contribution in [2.75, 3.05) is 29.9 Å². The van der Waals surface area contributed by atoms with Gasteiger partial charge in [0.15, 0.2) is 5.60 Å². The molecule has 6 atom stereocenters. The predicted molar refractivity (Wildman–Crippen MR) is 199 cm³/mol. The molecule has 280 valence electrons. The molecule has 0 radical (unpaired) electrons. The Labute approximate surface area is 309 Å². The molecule has 4 aliphatic rings. The van der Waals surface area contributed by atoms with Crippen molar-refractivity contribution in [3.63, 3.8) is 0 Å². The normalized spacial score (nSPS) is 26.7. The van der Waals surface area contributed by atoms with Crippen molar-refractivity contribution in [3.05, 3.63) is 99.1 Å². The van der Waals surface area contributed by atoms with Gasteiger partial charge in [0, 0.05) is 47.9 Å². The number of non-ortho nitro benzene ring substituents is 1. The lowest BCUT2D eigenvalue weighted by molar-refractivity contribution is -0.385.